The van der Waals surface area contributed by atoms with Gasteiger partial charge in [-0.1, -0.05) is 27.2 Å². The fraction of sp³-hybridized carbons (Fsp3) is 0.917. The zero-order chi connectivity index (χ0) is 12.6. The molecule has 1 atom stereocenters. The molecule has 0 aromatic carbocycles. The Balaban J connectivity index is 4.15. The Labute approximate surface area is 104 Å². The summed E-state index contributed by atoms with van der Waals surface area (Å²) >= 11 is 1.83. The van der Waals surface area contributed by atoms with Gasteiger partial charge in [0.1, 0.15) is 0 Å². The second-order valence-electron chi connectivity index (χ2n) is 4.21. The van der Waals surface area contributed by atoms with E-state index in [-0.39, 0.29) is 16.7 Å². The number of rotatable bonds is 8. The lowest BCUT2D eigenvalue weighted by atomic mass is 10.0. The van der Waals surface area contributed by atoms with E-state index in [2.05, 4.69) is 25.4 Å². The smallest absolute Gasteiger partial charge is 0.236 e. The Morgan fingerprint density at radius 3 is 2.31 bits per heavy atom. The van der Waals surface area contributed by atoms with Crippen molar-refractivity contribution in [2.75, 3.05) is 12.8 Å². The van der Waals surface area contributed by atoms with Gasteiger partial charge in [-0.2, -0.15) is 11.8 Å². The van der Waals surface area contributed by atoms with Crippen molar-refractivity contribution in [2.24, 2.45) is 5.73 Å². The van der Waals surface area contributed by atoms with Crippen LogP contribution in [0.25, 0.3) is 0 Å². The van der Waals surface area contributed by atoms with E-state index < -0.39 is 0 Å². The highest BCUT2D eigenvalue weighted by Crippen LogP contribution is 2.29. The van der Waals surface area contributed by atoms with E-state index in [0.717, 1.165) is 32.2 Å². The van der Waals surface area contributed by atoms with Crippen LogP contribution >= 0.6 is 11.8 Å². The molecule has 4 heteroatoms. The molecular weight excluding hydrogens is 220 g/mol. The molecule has 0 aromatic heterocycles. The summed E-state index contributed by atoms with van der Waals surface area (Å²) in [6.45, 7) is 7.09. The third kappa shape index (κ3) is 4.74. The van der Waals surface area contributed by atoms with Gasteiger partial charge >= 0.3 is 0 Å². The van der Waals surface area contributed by atoms with E-state index in [4.69, 9.17) is 5.73 Å². The maximum Gasteiger partial charge on any atom is 0.236 e. The van der Waals surface area contributed by atoms with Crippen molar-refractivity contribution >= 4 is 17.7 Å². The molecular formula is C12H26N2OS. The van der Waals surface area contributed by atoms with Crippen molar-refractivity contribution in [1.29, 1.82) is 0 Å². The van der Waals surface area contributed by atoms with Crippen LogP contribution in [0.5, 0.6) is 0 Å². The molecule has 0 aliphatic heterocycles. The molecule has 0 spiro atoms. The summed E-state index contributed by atoms with van der Waals surface area (Å²) in [5, 5.41) is 2.98. The van der Waals surface area contributed by atoms with Crippen molar-refractivity contribution in [2.45, 2.75) is 57.2 Å². The van der Waals surface area contributed by atoms with E-state index in [9.17, 15) is 4.79 Å². The Bertz CT molecular complexity index is 197. The predicted molar refractivity (Wildman–Crippen MR) is 72.7 cm³/mol. The molecule has 3 N–H and O–H groups in total. The molecule has 1 amide bonds. The van der Waals surface area contributed by atoms with E-state index >= 15 is 0 Å². The van der Waals surface area contributed by atoms with Gasteiger partial charge in [0.25, 0.3) is 0 Å². The topological polar surface area (TPSA) is 55.1 Å². The van der Waals surface area contributed by atoms with Crippen LogP contribution in [0, 0.1) is 0 Å². The first kappa shape index (κ1) is 15.8. The molecule has 16 heavy (non-hydrogen) atoms. The summed E-state index contributed by atoms with van der Waals surface area (Å²) in [4.78, 5) is 11.7. The average molecular weight is 246 g/mol. The summed E-state index contributed by atoms with van der Waals surface area (Å²) in [6.07, 6.45) is 5.94. The molecule has 0 bridgehead atoms. The van der Waals surface area contributed by atoms with E-state index in [0.29, 0.717) is 0 Å². The molecule has 0 aromatic rings. The van der Waals surface area contributed by atoms with Gasteiger partial charge in [-0.25, -0.2) is 0 Å². The Kier molecular flexibility index (Phi) is 7.85. The quantitative estimate of drug-likeness (QED) is 0.690. The van der Waals surface area contributed by atoms with E-state index in [1.807, 2.05) is 18.7 Å². The molecule has 0 aliphatic rings. The van der Waals surface area contributed by atoms with Crippen LogP contribution in [-0.2, 0) is 4.79 Å². The lowest BCUT2D eigenvalue weighted by Crippen LogP contribution is -2.46. The number of nitrogens with one attached hydrogen (secondary N) is 1. The second-order valence-corrected chi connectivity index (χ2v) is 5.48. The van der Waals surface area contributed by atoms with Crippen LogP contribution in [0.3, 0.4) is 0 Å². The van der Waals surface area contributed by atoms with Crippen LogP contribution in [-0.4, -0.2) is 29.5 Å². The number of hydrogen-bond donors (Lipinski definition) is 2. The minimum Gasteiger partial charge on any atom is -0.353 e. The zero-order valence-corrected chi connectivity index (χ0v) is 11.8. The van der Waals surface area contributed by atoms with Gasteiger partial charge in [-0.05, 0) is 25.5 Å². The highest BCUT2D eigenvalue weighted by atomic mass is 32.2. The number of thioether (sulfide) groups is 1. The minimum atomic E-state index is -0.349. The summed E-state index contributed by atoms with van der Waals surface area (Å²) in [6, 6.07) is -0.349. The predicted octanol–water partition coefficient (Wildman–Crippen LogP) is 2.15. The normalized spacial score (nSPS) is 13.6. The van der Waals surface area contributed by atoms with Gasteiger partial charge < -0.3 is 11.1 Å². The van der Waals surface area contributed by atoms with Crippen molar-refractivity contribution in [3.05, 3.63) is 0 Å². The highest BCUT2D eigenvalue weighted by Gasteiger charge is 2.26. The Morgan fingerprint density at radius 1 is 1.38 bits per heavy atom. The third-order valence-electron chi connectivity index (χ3n) is 3.24. The van der Waals surface area contributed by atoms with E-state index in [1.54, 1.807) is 0 Å². The SMILES string of the molecule is CCCC(N)C(=O)NCC(CC)(CC)SC. The summed E-state index contributed by atoms with van der Waals surface area (Å²) < 4.78 is 0.168. The molecule has 1 unspecified atom stereocenters. The van der Waals surface area contributed by atoms with Crippen LogP contribution in [0.2, 0.25) is 0 Å². The molecule has 0 rings (SSSR count). The van der Waals surface area contributed by atoms with Crippen molar-refractivity contribution < 1.29 is 4.79 Å². The molecule has 0 saturated heterocycles. The minimum absolute atomic E-state index is 0.0119. The molecule has 0 radical (unpaired) electrons. The molecule has 0 saturated carbocycles. The number of hydrogen-bond acceptors (Lipinski definition) is 3. The standard InChI is InChI=1S/C12H26N2OS/c1-5-8-10(13)11(15)14-9-12(6-2,7-3)16-4/h10H,5-9,13H2,1-4H3,(H,14,15). The summed E-state index contributed by atoms with van der Waals surface area (Å²) in [5.74, 6) is -0.0119. The summed E-state index contributed by atoms with van der Waals surface area (Å²) in [7, 11) is 0. The summed E-state index contributed by atoms with van der Waals surface area (Å²) in [5.41, 5.74) is 5.76. The molecule has 0 aliphatic carbocycles. The first-order valence-electron chi connectivity index (χ1n) is 6.13. The van der Waals surface area contributed by atoms with Gasteiger partial charge in [0, 0.05) is 11.3 Å². The van der Waals surface area contributed by atoms with E-state index in [1.165, 1.54) is 0 Å². The van der Waals surface area contributed by atoms with Gasteiger partial charge in [-0.15, -0.1) is 0 Å². The third-order valence-corrected chi connectivity index (χ3v) is 4.83. The Hall–Kier alpha value is -0.220. The fourth-order valence-electron chi connectivity index (χ4n) is 1.68. The number of carbonyl (C=O) groups excluding carboxylic acids is 1. The lowest BCUT2D eigenvalue weighted by molar-refractivity contribution is -0.122. The second kappa shape index (κ2) is 7.96. The largest absolute Gasteiger partial charge is 0.353 e. The van der Waals surface area contributed by atoms with Crippen LogP contribution in [0.1, 0.15) is 46.5 Å². The average Bonchev–Trinajstić information content (AvgIpc) is 2.31. The van der Waals surface area contributed by atoms with Crippen LogP contribution < -0.4 is 11.1 Å². The molecule has 0 heterocycles. The van der Waals surface area contributed by atoms with Gasteiger partial charge in [-0.3, -0.25) is 4.79 Å². The molecule has 3 nitrogen and oxygen atoms in total. The molecule has 0 fully saturated rings. The Morgan fingerprint density at radius 2 is 1.94 bits per heavy atom. The first-order chi connectivity index (χ1) is 7.55. The van der Waals surface area contributed by atoms with Crippen LogP contribution in [0.15, 0.2) is 0 Å². The fourth-order valence-corrected chi connectivity index (χ4v) is 2.48. The number of amides is 1. The maximum absolute atomic E-state index is 11.7. The van der Waals surface area contributed by atoms with Crippen molar-refractivity contribution in [3.63, 3.8) is 0 Å². The maximum atomic E-state index is 11.7. The lowest BCUT2D eigenvalue weighted by Gasteiger charge is -2.30. The first-order valence-corrected chi connectivity index (χ1v) is 7.36. The number of carbonyl (C=O) groups is 1. The van der Waals surface area contributed by atoms with Gasteiger partial charge in [0.2, 0.25) is 5.91 Å². The highest BCUT2D eigenvalue weighted by molar-refractivity contribution is 8.00. The van der Waals surface area contributed by atoms with Crippen molar-refractivity contribution in [3.8, 4) is 0 Å². The monoisotopic (exact) mass is 246 g/mol. The van der Waals surface area contributed by atoms with Crippen molar-refractivity contribution in [1.82, 2.24) is 5.32 Å². The van der Waals surface area contributed by atoms with Gasteiger partial charge in [0.05, 0.1) is 6.04 Å². The van der Waals surface area contributed by atoms with Gasteiger partial charge in [0.15, 0.2) is 0 Å². The zero-order valence-electron chi connectivity index (χ0n) is 11.0. The van der Waals surface area contributed by atoms with Crippen LogP contribution in [0.4, 0.5) is 0 Å². The molecule has 96 valence electrons. The number of nitrogens with two attached hydrogens (primary N) is 1.